The standard InChI is InChI=1S/C12H16N4O2/c1-3-18-11(17)7(2)14-12-15-9-5-4-8(13)6-10(9)16-12/h4-7H,3,13H2,1-2H3,(H2,14,15,16). The van der Waals surface area contributed by atoms with Crippen LogP contribution in [-0.4, -0.2) is 28.6 Å². The number of fused-ring (bicyclic) bond motifs is 1. The Balaban J connectivity index is 2.14. The number of H-pyrrole nitrogens is 1. The highest BCUT2D eigenvalue weighted by Gasteiger charge is 2.15. The first kappa shape index (κ1) is 12.2. The molecule has 1 unspecified atom stereocenters. The quantitative estimate of drug-likeness (QED) is 0.563. The van der Waals surface area contributed by atoms with Crippen molar-refractivity contribution in [3.63, 3.8) is 0 Å². The van der Waals surface area contributed by atoms with Gasteiger partial charge in [-0.15, -0.1) is 0 Å². The van der Waals surface area contributed by atoms with Gasteiger partial charge in [-0.05, 0) is 32.0 Å². The van der Waals surface area contributed by atoms with Gasteiger partial charge in [0, 0.05) is 5.69 Å². The van der Waals surface area contributed by atoms with Crippen molar-refractivity contribution >= 4 is 28.6 Å². The van der Waals surface area contributed by atoms with Crippen molar-refractivity contribution in [1.82, 2.24) is 9.97 Å². The van der Waals surface area contributed by atoms with Crippen LogP contribution in [-0.2, 0) is 9.53 Å². The lowest BCUT2D eigenvalue weighted by Gasteiger charge is -2.10. The fraction of sp³-hybridized carbons (Fsp3) is 0.333. The third-order valence-electron chi connectivity index (χ3n) is 2.50. The molecule has 1 heterocycles. The molecule has 0 aliphatic heterocycles. The number of nitrogen functional groups attached to an aromatic ring is 1. The highest BCUT2D eigenvalue weighted by molar-refractivity contribution is 5.82. The van der Waals surface area contributed by atoms with Gasteiger partial charge in [0.25, 0.3) is 0 Å². The molecule has 1 aromatic carbocycles. The molecule has 96 valence electrons. The zero-order valence-electron chi connectivity index (χ0n) is 10.4. The number of esters is 1. The molecule has 1 atom stereocenters. The van der Waals surface area contributed by atoms with Gasteiger partial charge in [0.05, 0.1) is 17.6 Å². The molecule has 4 N–H and O–H groups in total. The van der Waals surface area contributed by atoms with Gasteiger partial charge in [0.2, 0.25) is 5.95 Å². The van der Waals surface area contributed by atoms with Gasteiger partial charge in [-0.25, -0.2) is 9.78 Å². The third kappa shape index (κ3) is 2.53. The number of nitrogens with zero attached hydrogens (tertiary/aromatic N) is 1. The van der Waals surface area contributed by atoms with E-state index in [-0.39, 0.29) is 5.97 Å². The summed E-state index contributed by atoms with van der Waals surface area (Å²) in [5, 5.41) is 2.95. The molecular weight excluding hydrogens is 232 g/mol. The molecule has 0 amide bonds. The number of aromatic nitrogens is 2. The van der Waals surface area contributed by atoms with E-state index < -0.39 is 6.04 Å². The highest BCUT2D eigenvalue weighted by atomic mass is 16.5. The Morgan fingerprint density at radius 1 is 1.61 bits per heavy atom. The summed E-state index contributed by atoms with van der Waals surface area (Å²) < 4.78 is 4.91. The second-order valence-electron chi connectivity index (χ2n) is 3.98. The molecule has 0 saturated carbocycles. The van der Waals surface area contributed by atoms with Crippen molar-refractivity contribution < 1.29 is 9.53 Å². The molecular formula is C12H16N4O2. The van der Waals surface area contributed by atoms with Crippen molar-refractivity contribution in [2.24, 2.45) is 0 Å². The van der Waals surface area contributed by atoms with E-state index in [1.54, 1.807) is 26.0 Å². The number of benzene rings is 1. The highest BCUT2D eigenvalue weighted by Crippen LogP contribution is 2.17. The van der Waals surface area contributed by atoms with E-state index in [4.69, 9.17) is 10.5 Å². The number of nitrogens with one attached hydrogen (secondary N) is 2. The number of nitrogens with two attached hydrogens (primary N) is 1. The van der Waals surface area contributed by atoms with E-state index in [0.717, 1.165) is 11.0 Å². The predicted molar refractivity (Wildman–Crippen MR) is 70.2 cm³/mol. The maximum absolute atomic E-state index is 11.5. The van der Waals surface area contributed by atoms with Crippen LogP contribution in [0.25, 0.3) is 11.0 Å². The average Bonchev–Trinajstić information content (AvgIpc) is 2.70. The minimum Gasteiger partial charge on any atom is -0.464 e. The van der Waals surface area contributed by atoms with E-state index in [2.05, 4.69) is 15.3 Å². The van der Waals surface area contributed by atoms with Gasteiger partial charge in [-0.1, -0.05) is 0 Å². The first-order chi connectivity index (χ1) is 8.60. The molecule has 0 fully saturated rings. The normalized spacial score (nSPS) is 12.3. The lowest BCUT2D eigenvalue weighted by molar-refractivity contribution is -0.143. The number of imidazole rings is 1. The molecule has 0 aliphatic carbocycles. The largest absolute Gasteiger partial charge is 0.464 e. The van der Waals surface area contributed by atoms with Gasteiger partial charge < -0.3 is 20.8 Å². The second-order valence-corrected chi connectivity index (χ2v) is 3.98. The van der Waals surface area contributed by atoms with Crippen LogP contribution >= 0.6 is 0 Å². The maximum atomic E-state index is 11.5. The van der Waals surface area contributed by atoms with Crippen LogP contribution in [0.1, 0.15) is 13.8 Å². The molecule has 18 heavy (non-hydrogen) atoms. The number of aromatic amines is 1. The van der Waals surface area contributed by atoms with Crippen LogP contribution in [0.3, 0.4) is 0 Å². The Labute approximate surface area is 105 Å². The summed E-state index contributed by atoms with van der Waals surface area (Å²) in [5.74, 6) is 0.216. The summed E-state index contributed by atoms with van der Waals surface area (Å²) in [5.41, 5.74) is 7.96. The lowest BCUT2D eigenvalue weighted by Crippen LogP contribution is -2.28. The molecule has 1 aromatic heterocycles. The zero-order chi connectivity index (χ0) is 13.1. The Bertz CT molecular complexity index is 564. The van der Waals surface area contributed by atoms with Gasteiger partial charge in [0.15, 0.2) is 0 Å². The topological polar surface area (TPSA) is 93.0 Å². The summed E-state index contributed by atoms with van der Waals surface area (Å²) in [6, 6.07) is 4.94. The van der Waals surface area contributed by atoms with Crippen LogP contribution in [0.4, 0.5) is 11.6 Å². The zero-order valence-corrected chi connectivity index (χ0v) is 10.4. The number of rotatable bonds is 4. The number of carbonyl (C=O) groups is 1. The molecule has 0 radical (unpaired) electrons. The minimum absolute atomic E-state index is 0.308. The van der Waals surface area contributed by atoms with Crippen LogP contribution in [0.2, 0.25) is 0 Å². The van der Waals surface area contributed by atoms with E-state index in [0.29, 0.717) is 18.2 Å². The van der Waals surface area contributed by atoms with Crippen molar-refractivity contribution in [1.29, 1.82) is 0 Å². The summed E-state index contributed by atoms with van der Waals surface area (Å²) in [7, 11) is 0. The Kier molecular flexibility index (Phi) is 3.36. The van der Waals surface area contributed by atoms with Crippen LogP contribution in [0.5, 0.6) is 0 Å². The van der Waals surface area contributed by atoms with Crippen molar-refractivity contribution in [3.05, 3.63) is 18.2 Å². The SMILES string of the molecule is CCOC(=O)C(C)Nc1nc2ccc(N)cc2[nH]1. The van der Waals surface area contributed by atoms with E-state index in [1.807, 2.05) is 6.07 Å². The first-order valence-corrected chi connectivity index (χ1v) is 5.78. The van der Waals surface area contributed by atoms with Gasteiger partial charge in [-0.3, -0.25) is 0 Å². The van der Waals surface area contributed by atoms with Gasteiger partial charge in [0.1, 0.15) is 6.04 Å². The number of carbonyl (C=O) groups excluding carboxylic acids is 1. The number of anilines is 2. The molecule has 0 saturated heterocycles. The smallest absolute Gasteiger partial charge is 0.328 e. The monoisotopic (exact) mass is 248 g/mol. The Morgan fingerprint density at radius 3 is 3.11 bits per heavy atom. The van der Waals surface area contributed by atoms with Gasteiger partial charge >= 0.3 is 5.97 Å². The maximum Gasteiger partial charge on any atom is 0.328 e. The summed E-state index contributed by atoms with van der Waals surface area (Å²) in [4.78, 5) is 18.8. The van der Waals surface area contributed by atoms with Crippen LogP contribution in [0.15, 0.2) is 18.2 Å². The summed E-state index contributed by atoms with van der Waals surface area (Å²) in [6.07, 6.45) is 0. The van der Waals surface area contributed by atoms with Crippen molar-refractivity contribution in [2.45, 2.75) is 19.9 Å². The van der Waals surface area contributed by atoms with Gasteiger partial charge in [-0.2, -0.15) is 0 Å². The molecule has 6 nitrogen and oxygen atoms in total. The lowest BCUT2D eigenvalue weighted by atomic mass is 10.3. The summed E-state index contributed by atoms with van der Waals surface area (Å²) >= 11 is 0. The average molecular weight is 248 g/mol. The molecule has 0 aliphatic rings. The first-order valence-electron chi connectivity index (χ1n) is 5.78. The molecule has 0 spiro atoms. The predicted octanol–water partition coefficient (Wildman–Crippen LogP) is 1.51. The van der Waals surface area contributed by atoms with Crippen molar-refractivity contribution in [2.75, 3.05) is 17.7 Å². The van der Waals surface area contributed by atoms with E-state index >= 15 is 0 Å². The number of hydrogen-bond acceptors (Lipinski definition) is 5. The Hall–Kier alpha value is -2.24. The van der Waals surface area contributed by atoms with E-state index in [1.165, 1.54) is 0 Å². The second kappa shape index (κ2) is 4.95. The van der Waals surface area contributed by atoms with Crippen LogP contribution in [0, 0.1) is 0 Å². The number of hydrogen-bond donors (Lipinski definition) is 3. The van der Waals surface area contributed by atoms with Crippen molar-refractivity contribution in [3.8, 4) is 0 Å². The Morgan fingerprint density at radius 2 is 2.39 bits per heavy atom. The van der Waals surface area contributed by atoms with E-state index in [9.17, 15) is 4.79 Å². The molecule has 2 rings (SSSR count). The third-order valence-corrected chi connectivity index (χ3v) is 2.50. The van der Waals surface area contributed by atoms with Crippen LogP contribution < -0.4 is 11.1 Å². The fourth-order valence-corrected chi connectivity index (χ4v) is 1.63. The molecule has 6 heteroatoms. The minimum atomic E-state index is -0.456. The summed E-state index contributed by atoms with van der Waals surface area (Å²) in [6.45, 7) is 3.86. The molecule has 2 aromatic rings. The number of ether oxygens (including phenoxy) is 1. The fourth-order valence-electron chi connectivity index (χ4n) is 1.63. The molecule has 0 bridgehead atoms.